The van der Waals surface area contributed by atoms with Gasteiger partial charge in [-0.1, -0.05) is 0 Å². The number of hydrogen-bond acceptors (Lipinski definition) is 5. The highest BCUT2D eigenvalue weighted by molar-refractivity contribution is 5.67. The summed E-state index contributed by atoms with van der Waals surface area (Å²) >= 11 is 0. The van der Waals surface area contributed by atoms with Gasteiger partial charge in [-0.05, 0) is 19.8 Å². The maximum absolute atomic E-state index is 5.83. The molecule has 1 fully saturated rings. The maximum Gasteiger partial charge on any atom is 0.242 e. The van der Waals surface area contributed by atoms with Crippen LogP contribution in [0.5, 0.6) is 5.88 Å². The fraction of sp³-hybridized carbons (Fsp3) is 0.556. The van der Waals surface area contributed by atoms with Crippen LogP contribution >= 0.6 is 0 Å². The molecule has 5 nitrogen and oxygen atoms in total. The molecule has 1 heterocycles. The average Bonchev–Trinajstić information content (AvgIpc) is 2.94. The van der Waals surface area contributed by atoms with E-state index in [1.807, 2.05) is 6.92 Å². The molecule has 3 N–H and O–H groups in total. The summed E-state index contributed by atoms with van der Waals surface area (Å²) in [6.07, 6.45) is 2.37. The van der Waals surface area contributed by atoms with Gasteiger partial charge < -0.3 is 15.8 Å². The third kappa shape index (κ3) is 1.71. The van der Waals surface area contributed by atoms with Gasteiger partial charge in [0.15, 0.2) is 5.82 Å². The standard InChI is InChI=1S/C9H14N4O/c1-5-11-8(13-6-3-4-6)7(10)9(12-5)14-2/h6H,3-4,10H2,1-2H3,(H,11,12,13). The molecule has 0 bridgehead atoms. The van der Waals surface area contributed by atoms with Crippen molar-refractivity contribution in [1.29, 1.82) is 0 Å². The Balaban J connectivity index is 2.31. The van der Waals surface area contributed by atoms with Gasteiger partial charge in [-0.2, -0.15) is 4.98 Å². The highest BCUT2D eigenvalue weighted by atomic mass is 16.5. The molecular weight excluding hydrogens is 180 g/mol. The minimum Gasteiger partial charge on any atom is -0.479 e. The lowest BCUT2D eigenvalue weighted by Gasteiger charge is -2.10. The Bertz CT molecular complexity index is 349. The SMILES string of the molecule is COc1nc(C)nc(NC2CC2)c1N. The van der Waals surface area contributed by atoms with E-state index in [9.17, 15) is 0 Å². The van der Waals surface area contributed by atoms with Crippen LogP contribution in [0.1, 0.15) is 18.7 Å². The molecule has 0 spiro atoms. The number of aromatic nitrogens is 2. The van der Waals surface area contributed by atoms with Crippen molar-refractivity contribution in [2.75, 3.05) is 18.2 Å². The van der Waals surface area contributed by atoms with E-state index in [1.54, 1.807) is 7.11 Å². The number of nitrogen functional groups attached to an aromatic ring is 1. The van der Waals surface area contributed by atoms with Gasteiger partial charge in [0.2, 0.25) is 5.88 Å². The summed E-state index contributed by atoms with van der Waals surface area (Å²) in [7, 11) is 1.55. The molecule has 0 aromatic carbocycles. The molecule has 1 aliphatic carbocycles. The lowest BCUT2D eigenvalue weighted by Crippen LogP contribution is -2.09. The number of hydrogen-bond donors (Lipinski definition) is 2. The third-order valence-corrected chi connectivity index (χ3v) is 2.13. The lowest BCUT2D eigenvalue weighted by molar-refractivity contribution is 0.398. The second-order valence-electron chi connectivity index (χ2n) is 3.46. The van der Waals surface area contributed by atoms with E-state index in [-0.39, 0.29) is 0 Å². The van der Waals surface area contributed by atoms with Gasteiger partial charge in [-0.25, -0.2) is 4.98 Å². The van der Waals surface area contributed by atoms with Crippen LogP contribution in [0, 0.1) is 6.92 Å². The largest absolute Gasteiger partial charge is 0.479 e. The van der Waals surface area contributed by atoms with Gasteiger partial charge in [-0.3, -0.25) is 0 Å². The van der Waals surface area contributed by atoms with Crippen LogP contribution < -0.4 is 15.8 Å². The summed E-state index contributed by atoms with van der Waals surface area (Å²) in [6.45, 7) is 1.82. The Labute approximate surface area is 82.7 Å². The topological polar surface area (TPSA) is 73.1 Å². The zero-order valence-corrected chi connectivity index (χ0v) is 8.37. The first-order valence-corrected chi connectivity index (χ1v) is 4.65. The summed E-state index contributed by atoms with van der Waals surface area (Å²) in [6, 6.07) is 0.524. The van der Waals surface area contributed by atoms with Gasteiger partial charge in [0.25, 0.3) is 0 Å². The summed E-state index contributed by atoms with van der Waals surface area (Å²) in [5, 5.41) is 3.24. The second-order valence-corrected chi connectivity index (χ2v) is 3.46. The average molecular weight is 194 g/mol. The summed E-state index contributed by atoms with van der Waals surface area (Å²) < 4.78 is 5.05. The van der Waals surface area contributed by atoms with Crippen LogP contribution in [0.15, 0.2) is 0 Å². The van der Waals surface area contributed by atoms with Gasteiger partial charge in [0, 0.05) is 6.04 Å². The van der Waals surface area contributed by atoms with E-state index in [4.69, 9.17) is 10.5 Å². The third-order valence-electron chi connectivity index (χ3n) is 2.13. The van der Waals surface area contributed by atoms with E-state index in [0.717, 1.165) is 0 Å². The minimum absolute atomic E-state index is 0.445. The van der Waals surface area contributed by atoms with Crippen LogP contribution in [0.3, 0.4) is 0 Å². The van der Waals surface area contributed by atoms with Gasteiger partial charge >= 0.3 is 0 Å². The van der Waals surface area contributed by atoms with Crippen molar-refractivity contribution in [3.8, 4) is 5.88 Å². The number of methoxy groups -OCH3 is 1. The van der Waals surface area contributed by atoms with Gasteiger partial charge in [-0.15, -0.1) is 0 Å². The predicted molar refractivity (Wildman–Crippen MR) is 54.4 cm³/mol. The van der Waals surface area contributed by atoms with Crippen molar-refractivity contribution in [3.05, 3.63) is 5.82 Å². The monoisotopic (exact) mass is 194 g/mol. The molecule has 1 aromatic rings. The Morgan fingerprint density at radius 3 is 2.71 bits per heavy atom. The summed E-state index contributed by atoms with van der Waals surface area (Å²) in [5.41, 5.74) is 6.32. The highest BCUT2D eigenvalue weighted by Gasteiger charge is 2.23. The number of rotatable bonds is 3. The fourth-order valence-corrected chi connectivity index (χ4v) is 1.24. The van der Waals surface area contributed by atoms with E-state index in [1.165, 1.54) is 12.8 Å². The normalized spacial score (nSPS) is 15.3. The molecule has 1 saturated carbocycles. The number of nitrogens with one attached hydrogen (secondary N) is 1. The molecule has 0 aliphatic heterocycles. The van der Waals surface area contributed by atoms with Crippen LogP contribution in [0.4, 0.5) is 11.5 Å². The van der Waals surface area contributed by atoms with Crippen molar-refractivity contribution >= 4 is 11.5 Å². The van der Waals surface area contributed by atoms with Crippen molar-refractivity contribution in [3.63, 3.8) is 0 Å². The van der Waals surface area contributed by atoms with Crippen molar-refractivity contribution < 1.29 is 4.74 Å². The highest BCUT2D eigenvalue weighted by Crippen LogP contribution is 2.30. The number of ether oxygens (including phenoxy) is 1. The van der Waals surface area contributed by atoms with E-state index in [2.05, 4.69) is 15.3 Å². The Morgan fingerprint density at radius 1 is 1.43 bits per heavy atom. The molecule has 5 heteroatoms. The minimum atomic E-state index is 0.445. The zero-order chi connectivity index (χ0) is 10.1. The zero-order valence-electron chi connectivity index (χ0n) is 8.37. The number of anilines is 2. The van der Waals surface area contributed by atoms with Gasteiger partial charge in [0.05, 0.1) is 7.11 Å². The second kappa shape index (κ2) is 3.32. The van der Waals surface area contributed by atoms with E-state index in [0.29, 0.717) is 29.3 Å². The first kappa shape index (κ1) is 9.05. The number of nitrogens with two attached hydrogens (primary N) is 1. The maximum atomic E-state index is 5.83. The molecule has 14 heavy (non-hydrogen) atoms. The van der Waals surface area contributed by atoms with Gasteiger partial charge in [0.1, 0.15) is 11.5 Å². The predicted octanol–water partition coefficient (Wildman–Crippen LogP) is 0.950. The molecule has 1 aliphatic rings. The molecule has 0 radical (unpaired) electrons. The first-order valence-electron chi connectivity index (χ1n) is 4.65. The lowest BCUT2D eigenvalue weighted by atomic mass is 10.4. The number of nitrogens with zero attached hydrogens (tertiary/aromatic N) is 2. The van der Waals surface area contributed by atoms with Crippen molar-refractivity contribution in [2.24, 2.45) is 0 Å². The van der Waals surface area contributed by atoms with E-state index < -0.39 is 0 Å². The van der Waals surface area contributed by atoms with Crippen LogP contribution in [-0.4, -0.2) is 23.1 Å². The Morgan fingerprint density at radius 2 is 2.14 bits per heavy atom. The van der Waals surface area contributed by atoms with Crippen molar-refractivity contribution in [1.82, 2.24) is 9.97 Å². The molecule has 0 atom stereocenters. The van der Waals surface area contributed by atoms with Crippen molar-refractivity contribution in [2.45, 2.75) is 25.8 Å². The van der Waals surface area contributed by atoms with Crippen LogP contribution in [-0.2, 0) is 0 Å². The first-order chi connectivity index (χ1) is 6.70. The smallest absolute Gasteiger partial charge is 0.242 e. The Kier molecular flexibility index (Phi) is 2.15. The van der Waals surface area contributed by atoms with Crippen LogP contribution in [0.25, 0.3) is 0 Å². The molecule has 0 saturated heterocycles. The molecule has 0 unspecified atom stereocenters. The Hall–Kier alpha value is -1.52. The fourth-order valence-electron chi connectivity index (χ4n) is 1.24. The summed E-state index contributed by atoms with van der Waals surface area (Å²) in [5.74, 6) is 1.80. The molecule has 1 aromatic heterocycles. The quantitative estimate of drug-likeness (QED) is 0.749. The molecular formula is C9H14N4O. The summed E-state index contributed by atoms with van der Waals surface area (Å²) in [4.78, 5) is 8.32. The number of aryl methyl sites for hydroxylation is 1. The van der Waals surface area contributed by atoms with Crippen LogP contribution in [0.2, 0.25) is 0 Å². The molecule has 2 rings (SSSR count). The molecule has 76 valence electrons. The molecule has 0 amide bonds. The van der Waals surface area contributed by atoms with E-state index >= 15 is 0 Å².